The average molecular weight is 909 g/mol. The fourth-order valence-corrected chi connectivity index (χ4v) is 10.3. The molecule has 1 aromatic heterocycles. The van der Waals surface area contributed by atoms with Crippen molar-refractivity contribution >= 4 is 50.3 Å². The lowest BCUT2D eigenvalue weighted by molar-refractivity contribution is -0.244. The Labute approximate surface area is 364 Å². The fraction of sp³-hybridized carbons (Fsp3) is 0.651. The van der Waals surface area contributed by atoms with Crippen molar-refractivity contribution in [2.45, 2.75) is 119 Å². The monoisotopic (exact) mass is 908 g/mol. The smallest absolute Gasteiger partial charge is 0.427 e. The number of carbonyl (C=O) groups excluding carboxylic acids is 4. The van der Waals surface area contributed by atoms with Crippen LogP contribution in [0, 0.1) is 17.8 Å². The van der Waals surface area contributed by atoms with Crippen molar-refractivity contribution in [2.24, 2.45) is 17.8 Å². The number of allylic oxidation sites excluding steroid dienone is 1. The van der Waals surface area contributed by atoms with Crippen LogP contribution in [0.4, 0.5) is 28.0 Å². The number of nitrogens with one attached hydrogen (secondary N) is 3. The number of rotatable bonds is 10. The van der Waals surface area contributed by atoms with Crippen LogP contribution in [0.5, 0.6) is 5.88 Å². The Hall–Kier alpha value is -4.72. The number of hydrogen-bond acceptors (Lipinski definition) is 11. The van der Waals surface area contributed by atoms with Crippen LogP contribution in [-0.2, 0) is 33.9 Å². The minimum Gasteiger partial charge on any atom is -0.472 e. The van der Waals surface area contributed by atoms with Gasteiger partial charge in [-0.05, 0) is 70.3 Å². The largest absolute Gasteiger partial charge is 0.472 e. The second-order valence-electron chi connectivity index (χ2n) is 18.1. The molecule has 2 aliphatic carbocycles. The number of benzene rings is 1. The van der Waals surface area contributed by atoms with Crippen LogP contribution in [0.25, 0.3) is 10.8 Å². The molecule has 63 heavy (non-hydrogen) atoms. The summed E-state index contributed by atoms with van der Waals surface area (Å²) in [7, 11) is -4.47. The minimum atomic E-state index is -4.93. The number of alkyl carbamates (subject to hydrolysis) is 1. The Morgan fingerprint density at radius 3 is 2.43 bits per heavy atom. The van der Waals surface area contributed by atoms with E-state index >= 15 is 4.79 Å². The quantitative estimate of drug-likeness (QED) is 0.213. The van der Waals surface area contributed by atoms with E-state index in [1.165, 1.54) is 4.90 Å². The summed E-state index contributed by atoms with van der Waals surface area (Å²) in [4.78, 5) is 65.0. The number of alkyl halides is 4. The first-order valence-electron chi connectivity index (χ1n) is 21.6. The van der Waals surface area contributed by atoms with Gasteiger partial charge in [-0.2, -0.15) is 13.2 Å². The molecule has 0 bridgehead atoms. The number of sulfonamides is 1. The number of hydrogen-bond donors (Lipinski definition) is 3. The van der Waals surface area contributed by atoms with Gasteiger partial charge in [0.1, 0.15) is 35.1 Å². The van der Waals surface area contributed by atoms with E-state index in [1.807, 2.05) is 42.0 Å². The topological polar surface area (TPSA) is 186 Å². The van der Waals surface area contributed by atoms with Gasteiger partial charge in [0.15, 0.2) is 0 Å². The van der Waals surface area contributed by atoms with Crippen molar-refractivity contribution in [3.05, 3.63) is 42.6 Å². The number of amides is 4. The van der Waals surface area contributed by atoms with E-state index in [0.717, 1.165) is 11.1 Å². The maximum Gasteiger partial charge on any atom is 0.427 e. The molecule has 0 unspecified atom stereocenters. The number of ether oxygens (including phenoxy) is 3. The van der Waals surface area contributed by atoms with E-state index < -0.39 is 92.6 Å². The molecular formula is C43H56F4N6O9S. The van der Waals surface area contributed by atoms with Crippen molar-refractivity contribution < 1.29 is 59.4 Å². The molecule has 0 radical (unpaired) electrons. The third kappa shape index (κ3) is 9.42. The van der Waals surface area contributed by atoms with Crippen LogP contribution < -0.4 is 25.0 Å². The molecule has 4 amide bonds. The zero-order chi connectivity index (χ0) is 45.5. The van der Waals surface area contributed by atoms with Gasteiger partial charge >= 0.3 is 12.3 Å². The summed E-state index contributed by atoms with van der Waals surface area (Å²) in [5.41, 5.74) is -3.81. The number of anilines is 1. The third-order valence-electron chi connectivity index (χ3n) is 13.3. The number of carbonyl (C=O) groups is 4. The number of morpholine rings is 1. The van der Waals surface area contributed by atoms with Gasteiger partial charge in [0, 0.05) is 36.2 Å². The fourth-order valence-electron chi connectivity index (χ4n) is 8.88. The predicted molar refractivity (Wildman–Crippen MR) is 223 cm³/mol. The molecule has 3 N–H and O–H groups in total. The zero-order valence-corrected chi connectivity index (χ0v) is 36.7. The Kier molecular flexibility index (Phi) is 13.0. The highest BCUT2D eigenvalue weighted by molar-refractivity contribution is 7.91. The lowest BCUT2D eigenvalue weighted by Crippen LogP contribution is -2.60. The molecule has 1 aromatic carbocycles. The molecule has 2 aromatic rings. The number of aromatic nitrogens is 1. The number of nitrogens with zero attached hydrogens (tertiary/aromatic N) is 3. The van der Waals surface area contributed by atoms with Gasteiger partial charge in [0.05, 0.1) is 31.6 Å². The van der Waals surface area contributed by atoms with Gasteiger partial charge in [0.2, 0.25) is 33.3 Å². The van der Waals surface area contributed by atoms with E-state index in [2.05, 4.69) is 20.5 Å². The second-order valence-corrected chi connectivity index (χ2v) is 20.2. The van der Waals surface area contributed by atoms with E-state index in [4.69, 9.17) is 14.2 Å². The van der Waals surface area contributed by atoms with Gasteiger partial charge in [-0.15, -0.1) is 0 Å². The Balaban J connectivity index is 1.24. The molecule has 0 spiro atoms. The Morgan fingerprint density at radius 2 is 1.78 bits per heavy atom. The van der Waals surface area contributed by atoms with Gasteiger partial charge in [-0.1, -0.05) is 50.6 Å². The summed E-state index contributed by atoms with van der Waals surface area (Å²) < 4.78 is 99.3. The highest BCUT2D eigenvalue weighted by Crippen LogP contribution is 2.48. The lowest BCUT2D eigenvalue weighted by Gasteiger charge is -2.35. The predicted octanol–water partition coefficient (Wildman–Crippen LogP) is 5.08. The maximum atomic E-state index is 15.0. The third-order valence-corrected chi connectivity index (χ3v) is 15.4. The van der Waals surface area contributed by atoms with E-state index in [-0.39, 0.29) is 44.0 Å². The Morgan fingerprint density at radius 1 is 1.08 bits per heavy atom. The first kappa shape index (κ1) is 46.3. The average Bonchev–Trinajstić information content (AvgIpc) is 4.14. The van der Waals surface area contributed by atoms with Crippen LogP contribution in [0.3, 0.4) is 0 Å². The maximum absolute atomic E-state index is 15.0. The van der Waals surface area contributed by atoms with Crippen molar-refractivity contribution in [3.8, 4) is 5.88 Å². The number of fused-ring (bicyclic) bond motifs is 3. The first-order chi connectivity index (χ1) is 29.7. The van der Waals surface area contributed by atoms with Crippen LogP contribution in [0.15, 0.2) is 42.6 Å². The molecule has 3 aliphatic heterocycles. The van der Waals surface area contributed by atoms with Crippen LogP contribution in [-0.4, -0.2) is 122 Å². The molecule has 4 fully saturated rings. The van der Waals surface area contributed by atoms with Gasteiger partial charge in [-0.25, -0.2) is 22.6 Å². The molecule has 7 atom stereocenters. The Bertz CT molecular complexity index is 2220. The molecule has 2 saturated carbocycles. The highest BCUT2D eigenvalue weighted by Gasteiger charge is 2.64. The SMILES string of the molecule is CC[C@@H]1C[C@@H](C)CC/C=C\[C@@H]2C[C@@]2(C(=O)NS(=O)(=O)C2(CF)CC2)NC(=O)[C@@H]2C[C@@H](Oc3ncc(N4CCOCC4)c4ccccc34)CN2C(=O)[C@H]1NC(=O)OC(C)(C)C(F)(F)F. The first-order valence-corrected chi connectivity index (χ1v) is 23.1. The van der Waals surface area contributed by atoms with Crippen molar-refractivity contribution in [3.63, 3.8) is 0 Å². The summed E-state index contributed by atoms with van der Waals surface area (Å²) in [5, 5.41) is 6.69. The molecule has 5 aliphatic rings. The van der Waals surface area contributed by atoms with E-state index in [1.54, 1.807) is 19.2 Å². The summed E-state index contributed by atoms with van der Waals surface area (Å²) in [5.74, 6) is -3.77. The summed E-state index contributed by atoms with van der Waals surface area (Å²) >= 11 is 0. The molecule has 346 valence electrons. The van der Waals surface area contributed by atoms with E-state index in [9.17, 15) is 40.4 Å². The normalized spacial score (nSPS) is 29.6. The van der Waals surface area contributed by atoms with Crippen LogP contribution >= 0.6 is 0 Å². The number of pyridine rings is 1. The summed E-state index contributed by atoms with van der Waals surface area (Å²) in [6, 6.07) is 4.63. The minimum absolute atomic E-state index is 0.0175. The van der Waals surface area contributed by atoms with Gasteiger partial charge in [-0.3, -0.25) is 19.1 Å². The molecular weight excluding hydrogens is 853 g/mol. The summed E-state index contributed by atoms with van der Waals surface area (Å²) in [6.45, 7) is 6.07. The summed E-state index contributed by atoms with van der Waals surface area (Å²) in [6.07, 6.45) is -0.373. The van der Waals surface area contributed by atoms with Crippen molar-refractivity contribution in [1.29, 1.82) is 0 Å². The molecule has 7 rings (SSSR count). The molecule has 15 nitrogen and oxygen atoms in total. The van der Waals surface area contributed by atoms with Crippen molar-refractivity contribution in [2.75, 3.05) is 44.4 Å². The van der Waals surface area contributed by atoms with Crippen LogP contribution in [0.1, 0.15) is 79.1 Å². The number of halogens is 4. The van der Waals surface area contributed by atoms with E-state index in [0.29, 0.717) is 71.2 Å². The molecule has 4 heterocycles. The van der Waals surface area contributed by atoms with Crippen LogP contribution in [0.2, 0.25) is 0 Å². The zero-order valence-electron chi connectivity index (χ0n) is 35.8. The standard InChI is InChI=1S/C43H56F4N6O9S/c1-5-27-20-26(2)10-6-7-11-28-22-42(28,38(56)51-63(58,59)41(25-44)14-15-41)50-35(54)32-21-29(24-53(32)37(55)34(27)49-39(57)62-40(3,4)43(45,46)47)61-36-31-13-9-8-12-30(31)33(23-48-36)52-16-18-60-19-17-52/h7-9,11-13,23,26-29,32,34H,5-6,10,14-22,24-25H2,1-4H3,(H,49,57)(H,50,54)(H,51,56)/b11-7-/t26-,27+,28+,29+,32-,34-,42+/m0/s1. The second kappa shape index (κ2) is 17.7. The lowest BCUT2D eigenvalue weighted by atomic mass is 9.85. The van der Waals surface area contributed by atoms with Crippen molar-refractivity contribution in [1.82, 2.24) is 25.2 Å². The molecule has 2 saturated heterocycles. The van der Waals surface area contributed by atoms with Gasteiger partial charge in [0.25, 0.3) is 5.91 Å². The molecule has 20 heteroatoms. The highest BCUT2D eigenvalue weighted by atomic mass is 32.2. The van der Waals surface area contributed by atoms with Gasteiger partial charge < -0.3 is 34.6 Å².